The van der Waals surface area contributed by atoms with Gasteiger partial charge in [0, 0.05) is 14.1 Å². The molecule has 0 bridgehead atoms. The van der Waals surface area contributed by atoms with Crippen LogP contribution in [0.4, 0.5) is 32.2 Å². The van der Waals surface area contributed by atoms with E-state index < -0.39 is 41.7 Å². The van der Waals surface area contributed by atoms with Gasteiger partial charge in [-0.05, 0) is 23.8 Å². The van der Waals surface area contributed by atoms with Crippen LogP contribution < -0.4 is 4.90 Å². The van der Waals surface area contributed by atoms with Crippen LogP contribution in [0.5, 0.6) is 0 Å². The van der Waals surface area contributed by atoms with E-state index in [1.54, 1.807) is 0 Å². The van der Waals surface area contributed by atoms with E-state index in [1.165, 1.54) is 19.0 Å². The van der Waals surface area contributed by atoms with Gasteiger partial charge in [0.2, 0.25) is 5.69 Å². The lowest BCUT2D eigenvalue weighted by atomic mass is 10.0. The molecule has 0 aliphatic carbocycles. The van der Waals surface area contributed by atoms with Gasteiger partial charge in [-0.25, -0.2) is 9.48 Å². The van der Waals surface area contributed by atoms with Crippen LogP contribution >= 0.6 is 0 Å². The van der Waals surface area contributed by atoms with Gasteiger partial charge in [-0.1, -0.05) is 5.21 Å². The third kappa shape index (κ3) is 4.06. The van der Waals surface area contributed by atoms with E-state index in [9.17, 15) is 31.1 Å². The molecule has 0 unspecified atom stereocenters. The molecule has 0 saturated heterocycles. The number of aromatic carboxylic acids is 1. The van der Waals surface area contributed by atoms with Gasteiger partial charge in [0.25, 0.3) is 0 Å². The first-order valence-electron chi connectivity index (χ1n) is 6.93. The van der Waals surface area contributed by atoms with Crippen molar-refractivity contribution in [2.75, 3.05) is 19.0 Å². The number of nitrogens with zero attached hydrogens (tertiary/aromatic N) is 4. The lowest BCUT2D eigenvalue weighted by Crippen LogP contribution is -2.19. The van der Waals surface area contributed by atoms with Gasteiger partial charge >= 0.3 is 18.3 Å². The Labute approximate surface area is 142 Å². The van der Waals surface area contributed by atoms with Gasteiger partial charge in [-0.2, -0.15) is 26.3 Å². The fourth-order valence-electron chi connectivity index (χ4n) is 2.28. The molecule has 26 heavy (non-hydrogen) atoms. The highest BCUT2D eigenvalue weighted by Gasteiger charge is 2.37. The van der Waals surface area contributed by atoms with Crippen LogP contribution in [0.25, 0.3) is 0 Å². The summed E-state index contributed by atoms with van der Waals surface area (Å²) in [6.45, 7) is -0.527. The average molecular weight is 382 g/mol. The van der Waals surface area contributed by atoms with E-state index in [1.807, 2.05) is 0 Å². The molecule has 2 rings (SSSR count). The van der Waals surface area contributed by atoms with Crippen molar-refractivity contribution >= 4 is 11.8 Å². The Bertz CT molecular complexity index is 794. The van der Waals surface area contributed by atoms with Gasteiger partial charge in [-0.3, -0.25) is 0 Å². The number of carboxylic acid groups (broad SMARTS) is 1. The minimum atomic E-state index is -4.98. The first-order chi connectivity index (χ1) is 11.8. The molecular weight excluding hydrogens is 370 g/mol. The second kappa shape index (κ2) is 6.50. The number of carboxylic acids is 1. The summed E-state index contributed by atoms with van der Waals surface area (Å²) in [6, 6.07) is 1.12. The van der Waals surface area contributed by atoms with E-state index in [-0.39, 0.29) is 17.4 Å². The number of hydrogen-bond donors (Lipinski definition) is 1. The van der Waals surface area contributed by atoms with Crippen LogP contribution in [-0.2, 0) is 18.9 Å². The van der Waals surface area contributed by atoms with Crippen molar-refractivity contribution in [1.82, 2.24) is 15.0 Å². The number of anilines is 1. The number of benzene rings is 1. The number of carbonyl (C=O) groups is 1. The molecule has 0 atom stereocenters. The van der Waals surface area contributed by atoms with Crippen molar-refractivity contribution in [3.8, 4) is 0 Å². The number of alkyl halides is 6. The summed E-state index contributed by atoms with van der Waals surface area (Å²) >= 11 is 0. The predicted octanol–water partition coefficient (Wildman–Crippen LogP) is 3.13. The van der Waals surface area contributed by atoms with E-state index >= 15 is 0 Å². The van der Waals surface area contributed by atoms with Gasteiger partial charge in [0.05, 0.1) is 17.7 Å². The van der Waals surface area contributed by atoms with Crippen LogP contribution in [0, 0.1) is 0 Å². The van der Waals surface area contributed by atoms with Crippen molar-refractivity contribution in [1.29, 1.82) is 0 Å². The third-order valence-electron chi connectivity index (χ3n) is 3.31. The molecule has 1 heterocycles. The molecule has 6 nitrogen and oxygen atoms in total. The standard InChI is InChI=1S/C14H12F6N4O2/c1-23(2)11-10(12(25)26)21-22-24(11)6-7-3-8(13(15,16)17)5-9(4-7)14(18,19)20/h3-5H,6H2,1-2H3,(H,25,26). The maximum atomic E-state index is 12.9. The summed E-state index contributed by atoms with van der Waals surface area (Å²) in [5, 5.41) is 16.0. The van der Waals surface area contributed by atoms with Crippen LogP contribution in [0.15, 0.2) is 18.2 Å². The molecule has 0 aliphatic heterocycles. The van der Waals surface area contributed by atoms with E-state index in [0.717, 1.165) is 4.68 Å². The van der Waals surface area contributed by atoms with Crippen LogP contribution in [-0.4, -0.2) is 40.2 Å². The zero-order valence-corrected chi connectivity index (χ0v) is 13.4. The molecule has 0 saturated carbocycles. The van der Waals surface area contributed by atoms with E-state index in [0.29, 0.717) is 12.1 Å². The smallest absolute Gasteiger partial charge is 0.416 e. The fraction of sp³-hybridized carbons (Fsp3) is 0.357. The minimum Gasteiger partial charge on any atom is -0.476 e. The van der Waals surface area contributed by atoms with Crippen molar-refractivity contribution in [3.05, 3.63) is 40.6 Å². The van der Waals surface area contributed by atoms with Gasteiger partial charge in [0.15, 0.2) is 5.82 Å². The summed E-state index contributed by atoms with van der Waals surface area (Å²) in [5.41, 5.74) is -3.75. The molecule has 0 amide bonds. The molecule has 0 fully saturated rings. The normalized spacial score (nSPS) is 12.3. The van der Waals surface area contributed by atoms with Gasteiger partial charge < -0.3 is 10.0 Å². The van der Waals surface area contributed by atoms with Crippen molar-refractivity contribution < 1.29 is 36.2 Å². The number of halogens is 6. The van der Waals surface area contributed by atoms with Crippen molar-refractivity contribution in [2.45, 2.75) is 18.9 Å². The zero-order valence-electron chi connectivity index (χ0n) is 13.4. The summed E-state index contributed by atoms with van der Waals surface area (Å²) in [4.78, 5) is 12.4. The molecule has 1 N–H and O–H groups in total. The zero-order chi connectivity index (χ0) is 19.9. The topological polar surface area (TPSA) is 71.2 Å². The van der Waals surface area contributed by atoms with Gasteiger partial charge in [-0.15, -0.1) is 5.10 Å². The summed E-state index contributed by atoms with van der Waals surface area (Å²) in [7, 11) is 2.88. The lowest BCUT2D eigenvalue weighted by molar-refractivity contribution is -0.143. The molecular formula is C14H12F6N4O2. The molecule has 1 aromatic carbocycles. The largest absolute Gasteiger partial charge is 0.476 e. The maximum Gasteiger partial charge on any atom is 0.416 e. The number of aromatic nitrogens is 3. The van der Waals surface area contributed by atoms with Crippen LogP contribution in [0.2, 0.25) is 0 Å². The minimum absolute atomic E-state index is 0.0143. The molecule has 0 radical (unpaired) electrons. The Morgan fingerprint density at radius 1 is 1.08 bits per heavy atom. The van der Waals surface area contributed by atoms with Crippen LogP contribution in [0.3, 0.4) is 0 Å². The quantitative estimate of drug-likeness (QED) is 0.823. The predicted molar refractivity (Wildman–Crippen MR) is 76.9 cm³/mol. The molecule has 0 aliphatic rings. The molecule has 12 heteroatoms. The Balaban J connectivity index is 2.55. The summed E-state index contributed by atoms with van der Waals surface area (Å²) in [6.07, 6.45) is -9.95. The Morgan fingerprint density at radius 2 is 1.58 bits per heavy atom. The van der Waals surface area contributed by atoms with Crippen molar-refractivity contribution in [2.24, 2.45) is 0 Å². The Hall–Kier alpha value is -2.79. The monoisotopic (exact) mass is 382 g/mol. The van der Waals surface area contributed by atoms with Crippen molar-refractivity contribution in [3.63, 3.8) is 0 Å². The molecule has 0 spiro atoms. The number of rotatable bonds is 4. The molecule has 2 aromatic rings. The Kier molecular flexibility index (Phi) is 4.88. The summed E-state index contributed by atoms with van der Waals surface area (Å²) in [5.74, 6) is -1.50. The summed E-state index contributed by atoms with van der Waals surface area (Å²) < 4.78 is 78.3. The average Bonchev–Trinajstić information content (AvgIpc) is 2.89. The highest BCUT2D eigenvalue weighted by molar-refractivity contribution is 5.90. The first-order valence-corrected chi connectivity index (χ1v) is 6.93. The van der Waals surface area contributed by atoms with Crippen LogP contribution in [0.1, 0.15) is 27.2 Å². The number of hydrogen-bond acceptors (Lipinski definition) is 4. The van der Waals surface area contributed by atoms with E-state index in [4.69, 9.17) is 5.11 Å². The second-order valence-corrected chi connectivity index (χ2v) is 5.53. The maximum absolute atomic E-state index is 12.9. The Morgan fingerprint density at radius 3 is 1.96 bits per heavy atom. The second-order valence-electron chi connectivity index (χ2n) is 5.53. The van der Waals surface area contributed by atoms with E-state index in [2.05, 4.69) is 10.3 Å². The highest BCUT2D eigenvalue weighted by atomic mass is 19.4. The lowest BCUT2D eigenvalue weighted by Gasteiger charge is -2.17. The third-order valence-corrected chi connectivity index (χ3v) is 3.31. The first kappa shape index (κ1) is 19.5. The fourth-order valence-corrected chi connectivity index (χ4v) is 2.28. The van der Waals surface area contributed by atoms with Gasteiger partial charge in [0.1, 0.15) is 0 Å². The molecule has 142 valence electrons. The molecule has 1 aromatic heterocycles. The highest BCUT2D eigenvalue weighted by Crippen LogP contribution is 2.36. The SMILES string of the molecule is CN(C)c1c(C(=O)O)nnn1Cc1cc(C(F)(F)F)cc(C(F)(F)F)c1.